The van der Waals surface area contributed by atoms with E-state index in [9.17, 15) is 4.79 Å². The van der Waals surface area contributed by atoms with Gasteiger partial charge >= 0.3 is 0 Å². The van der Waals surface area contributed by atoms with E-state index in [-0.39, 0.29) is 5.91 Å². The van der Waals surface area contributed by atoms with E-state index in [1.165, 1.54) is 6.42 Å². The minimum Gasteiger partial charge on any atom is -0.334 e. The minimum atomic E-state index is -0.124. The number of nitrogens with zero attached hydrogens (tertiary/aromatic N) is 2. The van der Waals surface area contributed by atoms with Crippen molar-refractivity contribution >= 4 is 11.6 Å². The van der Waals surface area contributed by atoms with Crippen LogP contribution >= 0.6 is 0 Å². The molecule has 1 amide bonds. The molecule has 0 radical (unpaired) electrons. The van der Waals surface area contributed by atoms with Crippen molar-refractivity contribution in [3.63, 3.8) is 0 Å². The summed E-state index contributed by atoms with van der Waals surface area (Å²) < 4.78 is 2.10. The third-order valence-electron chi connectivity index (χ3n) is 3.78. The fraction of sp³-hybridized carbons (Fsp3) is 0.375. The quantitative estimate of drug-likeness (QED) is 0.910. The van der Waals surface area contributed by atoms with E-state index in [1.807, 2.05) is 38.2 Å². The van der Waals surface area contributed by atoms with E-state index >= 15 is 0 Å². The van der Waals surface area contributed by atoms with Crippen molar-refractivity contribution in [2.24, 2.45) is 0 Å². The molecule has 1 aliphatic rings. The highest BCUT2D eigenvalue weighted by Gasteiger charge is 2.17. The first-order chi connectivity index (χ1) is 9.63. The molecule has 0 atom stereocenters. The molecule has 0 spiro atoms. The maximum Gasteiger partial charge on any atom is 0.275 e. The number of carbonyl (C=O) groups excluding carboxylic acids is 1. The molecule has 104 valence electrons. The van der Waals surface area contributed by atoms with E-state index in [1.54, 1.807) is 0 Å². The average Bonchev–Trinajstić information content (AvgIpc) is 2.87. The number of aromatic nitrogens is 2. The molecular weight excluding hydrogens is 250 g/mol. The average molecular weight is 269 g/mol. The lowest BCUT2D eigenvalue weighted by molar-refractivity contribution is 0.102. The highest BCUT2D eigenvalue weighted by atomic mass is 16.1. The maximum absolute atomic E-state index is 12.3. The van der Waals surface area contributed by atoms with Crippen LogP contribution in [0.3, 0.4) is 0 Å². The van der Waals surface area contributed by atoms with Crippen molar-refractivity contribution in [3.8, 4) is 0 Å². The summed E-state index contributed by atoms with van der Waals surface area (Å²) in [6.45, 7) is 4.98. The molecule has 0 aliphatic carbocycles. The first-order valence-electron chi connectivity index (χ1n) is 7.08. The van der Waals surface area contributed by atoms with Gasteiger partial charge in [-0.25, -0.2) is 4.98 Å². The summed E-state index contributed by atoms with van der Waals surface area (Å²) in [5, 5.41) is 2.96. The Hall–Kier alpha value is -2.10. The number of aryl methyl sites for hydroxylation is 4. The maximum atomic E-state index is 12.3. The number of benzene rings is 1. The molecule has 0 bridgehead atoms. The molecular formula is C16H19N3O. The molecule has 20 heavy (non-hydrogen) atoms. The van der Waals surface area contributed by atoms with E-state index in [2.05, 4.69) is 14.9 Å². The first kappa shape index (κ1) is 12.9. The molecule has 0 unspecified atom stereocenters. The van der Waals surface area contributed by atoms with Crippen molar-refractivity contribution in [1.29, 1.82) is 0 Å². The van der Waals surface area contributed by atoms with Gasteiger partial charge in [-0.15, -0.1) is 0 Å². The molecule has 4 nitrogen and oxygen atoms in total. The lowest BCUT2D eigenvalue weighted by Gasteiger charge is -2.11. The molecule has 0 saturated carbocycles. The van der Waals surface area contributed by atoms with Gasteiger partial charge in [0.2, 0.25) is 0 Å². The number of imidazole rings is 1. The standard InChI is InChI=1S/C16H19N3O/c1-11-6-7-12(2)13(9-11)18-16(20)14-10-19-8-4-3-5-15(19)17-14/h6-7,9-10H,3-5,8H2,1-2H3,(H,18,20). The first-order valence-corrected chi connectivity index (χ1v) is 7.08. The summed E-state index contributed by atoms with van der Waals surface area (Å²) >= 11 is 0. The summed E-state index contributed by atoms with van der Waals surface area (Å²) in [6, 6.07) is 6.05. The molecule has 1 N–H and O–H groups in total. The number of fused-ring (bicyclic) bond motifs is 1. The third kappa shape index (κ3) is 2.46. The topological polar surface area (TPSA) is 46.9 Å². The molecule has 0 fully saturated rings. The molecule has 2 aromatic rings. The Morgan fingerprint density at radius 2 is 2.15 bits per heavy atom. The van der Waals surface area contributed by atoms with Gasteiger partial charge in [0.15, 0.2) is 0 Å². The van der Waals surface area contributed by atoms with Gasteiger partial charge in [0.1, 0.15) is 11.5 Å². The lowest BCUT2D eigenvalue weighted by Crippen LogP contribution is -2.13. The summed E-state index contributed by atoms with van der Waals surface area (Å²) in [7, 11) is 0. The number of hydrogen-bond acceptors (Lipinski definition) is 2. The Morgan fingerprint density at radius 3 is 2.95 bits per heavy atom. The van der Waals surface area contributed by atoms with Crippen LogP contribution in [0.25, 0.3) is 0 Å². The van der Waals surface area contributed by atoms with Crippen LogP contribution in [0.4, 0.5) is 5.69 Å². The number of anilines is 1. The fourth-order valence-corrected chi connectivity index (χ4v) is 2.58. The zero-order chi connectivity index (χ0) is 14.1. The van der Waals surface area contributed by atoms with Crippen LogP contribution < -0.4 is 5.32 Å². The van der Waals surface area contributed by atoms with Gasteiger partial charge in [-0.05, 0) is 43.9 Å². The van der Waals surface area contributed by atoms with Gasteiger partial charge in [0.25, 0.3) is 5.91 Å². The normalized spacial score (nSPS) is 13.9. The SMILES string of the molecule is Cc1ccc(C)c(NC(=O)c2cn3c(n2)CCCC3)c1. The van der Waals surface area contributed by atoms with Crippen LogP contribution in [0, 0.1) is 13.8 Å². The van der Waals surface area contributed by atoms with Gasteiger partial charge in [0, 0.05) is 24.8 Å². The number of amides is 1. The second kappa shape index (κ2) is 5.12. The Labute approximate surface area is 118 Å². The highest BCUT2D eigenvalue weighted by molar-refractivity contribution is 6.03. The van der Waals surface area contributed by atoms with Crippen LogP contribution in [0.2, 0.25) is 0 Å². The monoisotopic (exact) mass is 269 g/mol. The van der Waals surface area contributed by atoms with Crippen LogP contribution in [-0.2, 0) is 13.0 Å². The van der Waals surface area contributed by atoms with Crippen molar-refractivity contribution in [3.05, 3.63) is 47.0 Å². The molecule has 1 aromatic carbocycles. The van der Waals surface area contributed by atoms with E-state index in [0.29, 0.717) is 5.69 Å². The predicted octanol–water partition coefficient (Wildman–Crippen LogP) is 3.09. The number of hydrogen-bond donors (Lipinski definition) is 1. The molecule has 3 rings (SSSR count). The lowest BCUT2D eigenvalue weighted by atomic mass is 10.1. The molecule has 2 heterocycles. The minimum absolute atomic E-state index is 0.124. The Morgan fingerprint density at radius 1 is 1.30 bits per heavy atom. The molecule has 1 aromatic heterocycles. The van der Waals surface area contributed by atoms with Gasteiger partial charge in [-0.1, -0.05) is 12.1 Å². The molecule has 1 aliphatic heterocycles. The van der Waals surface area contributed by atoms with Crippen molar-refractivity contribution in [1.82, 2.24) is 9.55 Å². The van der Waals surface area contributed by atoms with Gasteiger partial charge in [0.05, 0.1) is 0 Å². The number of rotatable bonds is 2. The van der Waals surface area contributed by atoms with Crippen molar-refractivity contribution < 1.29 is 4.79 Å². The van der Waals surface area contributed by atoms with Crippen LogP contribution in [0.1, 0.15) is 40.3 Å². The van der Waals surface area contributed by atoms with Gasteiger partial charge in [-0.2, -0.15) is 0 Å². The zero-order valence-corrected chi connectivity index (χ0v) is 11.9. The smallest absolute Gasteiger partial charge is 0.275 e. The van der Waals surface area contributed by atoms with E-state index in [0.717, 1.165) is 42.0 Å². The summed E-state index contributed by atoms with van der Waals surface area (Å²) in [4.78, 5) is 16.8. The van der Waals surface area contributed by atoms with Crippen molar-refractivity contribution in [2.75, 3.05) is 5.32 Å². The summed E-state index contributed by atoms with van der Waals surface area (Å²) in [6.07, 6.45) is 5.17. The summed E-state index contributed by atoms with van der Waals surface area (Å²) in [5.74, 6) is 0.906. The predicted molar refractivity (Wildman–Crippen MR) is 79.0 cm³/mol. The van der Waals surface area contributed by atoms with E-state index < -0.39 is 0 Å². The fourth-order valence-electron chi connectivity index (χ4n) is 2.58. The molecule has 0 saturated heterocycles. The highest BCUT2D eigenvalue weighted by Crippen LogP contribution is 2.19. The molecule has 4 heteroatoms. The Balaban J connectivity index is 1.82. The second-order valence-electron chi connectivity index (χ2n) is 5.47. The largest absolute Gasteiger partial charge is 0.334 e. The van der Waals surface area contributed by atoms with Crippen molar-refractivity contribution in [2.45, 2.75) is 39.7 Å². The van der Waals surface area contributed by atoms with Gasteiger partial charge in [-0.3, -0.25) is 4.79 Å². The van der Waals surface area contributed by atoms with Gasteiger partial charge < -0.3 is 9.88 Å². The Kier molecular flexibility index (Phi) is 3.30. The van der Waals surface area contributed by atoms with Crippen LogP contribution in [0.5, 0.6) is 0 Å². The zero-order valence-electron chi connectivity index (χ0n) is 11.9. The number of nitrogens with one attached hydrogen (secondary N) is 1. The van der Waals surface area contributed by atoms with E-state index in [4.69, 9.17) is 0 Å². The second-order valence-corrected chi connectivity index (χ2v) is 5.47. The van der Waals surface area contributed by atoms with Crippen LogP contribution in [-0.4, -0.2) is 15.5 Å². The third-order valence-corrected chi connectivity index (χ3v) is 3.78. The summed E-state index contributed by atoms with van der Waals surface area (Å²) in [5.41, 5.74) is 3.58. The Bertz CT molecular complexity index is 634. The van der Waals surface area contributed by atoms with Crippen LogP contribution in [0.15, 0.2) is 24.4 Å². The number of carbonyl (C=O) groups is 1.